The second-order valence-electron chi connectivity index (χ2n) is 5.96. The molecule has 0 bridgehead atoms. The van der Waals surface area contributed by atoms with Gasteiger partial charge in [-0.3, -0.25) is 9.59 Å². The molecule has 128 valence electrons. The van der Waals surface area contributed by atoms with Gasteiger partial charge in [-0.2, -0.15) is 5.10 Å². The number of hydrogen-bond acceptors (Lipinski definition) is 3. The average molecular weight is 327 g/mol. The minimum absolute atomic E-state index is 0.0889. The standard InChI is InChI=1S/C19H25N3O2/c1-4-13-22-18(23)12-11-17(20-22)19(24)21(15(3)5-2)14-16-9-7-6-8-10-16/h6-12,15H,4-5,13-14H2,1-3H3. The maximum atomic E-state index is 13.0. The van der Waals surface area contributed by atoms with Crippen LogP contribution in [0.15, 0.2) is 47.3 Å². The van der Waals surface area contributed by atoms with Crippen molar-refractivity contribution in [1.29, 1.82) is 0 Å². The zero-order valence-corrected chi connectivity index (χ0v) is 14.6. The summed E-state index contributed by atoms with van der Waals surface area (Å²) in [6.45, 7) is 7.11. The number of aromatic nitrogens is 2. The fourth-order valence-corrected chi connectivity index (χ4v) is 2.51. The van der Waals surface area contributed by atoms with Crippen LogP contribution in [0.1, 0.15) is 49.7 Å². The predicted octanol–water partition coefficient (Wildman–Crippen LogP) is 3.09. The summed E-state index contributed by atoms with van der Waals surface area (Å²) in [5.74, 6) is -0.141. The molecule has 24 heavy (non-hydrogen) atoms. The summed E-state index contributed by atoms with van der Waals surface area (Å²) in [4.78, 5) is 26.6. The largest absolute Gasteiger partial charge is 0.330 e. The highest BCUT2D eigenvalue weighted by Gasteiger charge is 2.22. The van der Waals surface area contributed by atoms with E-state index in [1.165, 1.54) is 16.8 Å². The third kappa shape index (κ3) is 4.31. The van der Waals surface area contributed by atoms with Crippen molar-refractivity contribution in [1.82, 2.24) is 14.7 Å². The fraction of sp³-hybridized carbons (Fsp3) is 0.421. The molecule has 0 saturated heterocycles. The molecule has 0 aliphatic carbocycles. The topological polar surface area (TPSA) is 55.2 Å². The molecule has 0 N–H and O–H groups in total. The molecule has 5 heteroatoms. The van der Waals surface area contributed by atoms with Gasteiger partial charge in [-0.25, -0.2) is 4.68 Å². The van der Waals surface area contributed by atoms with Crippen LogP contribution in [0.5, 0.6) is 0 Å². The van der Waals surface area contributed by atoms with Crippen molar-refractivity contribution in [3.8, 4) is 0 Å². The van der Waals surface area contributed by atoms with E-state index in [1.54, 1.807) is 0 Å². The fourth-order valence-electron chi connectivity index (χ4n) is 2.51. The Labute approximate surface area is 142 Å². The van der Waals surface area contributed by atoms with Crippen LogP contribution in [0.4, 0.5) is 0 Å². The molecule has 0 spiro atoms. The minimum atomic E-state index is -0.174. The van der Waals surface area contributed by atoms with Crippen LogP contribution in [0.3, 0.4) is 0 Å². The van der Waals surface area contributed by atoms with Crippen molar-refractivity contribution in [3.63, 3.8) is 0 Å². The maximum absolute atomic E-state index is 13.0. The van der Waals surface area contributed by atoms with Gasteiger partial charge in [-0.05, 0) is 31.4 Å². The summed E-state index contributed by atoms with van der Waals surface area (Å²) in [5.41, 5.74) is 1.22. The van der Waals surface area contributed by atoms with Crippen molar-refractivity contribution >= 4 is 5.91 Å². The summed E-state index contributed by atoms with van der Waals surface area (Å²) < 4.78 is 1.37. The van der Waals surface area contributed by atoms with Gasteiger partial charge in [-0.15, -0.1) is 0 Å². The first-order valence-corrected chi connectivity index (χ1v) is 8.49. The van der Waals surface area contributed by atoms with Crippen LogP contribution in [0.25, 0.3) is 0 Å². The van der Waals surface area contributed by atoms with Crippen LogP contribution in [0.2, 0.25) is 0 Å². The van der Waals surface area contributed by atoms with Gasteiger partial charge in [0.15, 0.2) is 0 Å². The third-order valence-electron chi connectivity index (χ3n) is 4.10. The molecule has 0 saturated carbocycles. The lowest BCUT2D eigenvalue weighted by atomic mass is 10.1. The maximum Gasteiger partial charge on any atom is 0.274 e. The first-order valence-electron chi connectivity index (χ1n) is 8.49. The zero-order valence-electron chi connectivity index (χ0n) is 14.6. The van der Waals surface area contributed by atoms with Gasteiger partial charge in [0.05, 0.1) is 0 Å². The first-order chi connectivity index (χ1) is 11.6. The molecular weight excluding hydrogens is 302 g/mol. The van der Waals surface area contributed by atoms with Crippen molar-refractivity contribution < 1.29 is 4.79 Å². The molecule has 0 aliphatic heterocycles. The Kier molecular flexibility index (Phi) is 6.29. The molecule has 0 radical (unpaired) electrons. The number of amides is 1. The van der Waals surface area contributed by atoms with Crippen LogP contribution < -0.4 is 5.56 Å². The van der Waals surface area contributed by atoms with E-state index >= 15 is 0 Å². The summed E-state index contributed by atoms with van der Waals surface area (Å²) >= 11 is 0. The molecule has 1 amide bonds. The predicted molar refractivity (Wildman–Crippen MR) is 94.9 cm³/mol. The van der Waals surface area contributed by atoms with E-state index in [-0.39, 0.29) is 17.5 Å². The van der Waals surface area contributed by atoms with E-state index < -0.39 is 0 Å². The zero-order chi connectivity index (χ0) is 17.5. The Balaban J connectivity index is 2.30. The van der Waals surface area contributed by atoms with Crippen LogP contribution >= 0.6 is 0 Å². The van der Waals surface area contributed by atoms with Gasteiger partial charge >= 0.3 is 0 Å². The van der Waals surface area contributed by atoms with Crippen LogP contribution in [-0.4, -0.2) is 26.6 Å². The molecule has 5 nitrogen and oxygen atoms in total. The number of aryl methyl sites for hydroxylation is 1. The monoisotopic (exact) mass is 327 g/mol. The van der Waals surface area contributed by atoms with Gasteiger partial charge in [0.1, 0.15) is 5.69 Å². The van der Waals surface area contributed by atoms with Gasteiger partial charge in [0.2, 0.25) is 0 Å². The quantitative estimate of drug-likeness (QED) is 0.785. The van der Waals surface area contributed by atoms with Gasteiger partial charge in [0.25, 0.3) is 11.5 Å². The van der Waals surface area contributed by atoms with E-state index in [0.717, 1.165) is 18.4 Å². The minimum Gasteiger partial charge on any atom is -0.330 e. The summed E-state index contributed by atoms with van der Waals surface area (Å²) in [6.07, 6.45) is 1.65. The van der Waals surface area contributed by atoms with Crippen molar-refractivity contribution in [2.45, 2.75) is 52.7 Å². The molecule has 1 heterocycles. The van der Waals surface area contributed by atoms with Crippen LogP contribution in [-0.2, 0) is 13.1 Å². The van der Waals surface area contributed by atoms with Gasteiger partial charge in [-0.1, -0.05) is 44.2 Å². The Hall–Kier alpha value is -2.43. The van der Waals surface area contributed by atoms with Crippen molar-refractivity contribution in [2.75, 3.05) is 0 Å². The lowest BCUT2D eigenvalue weighted by Gasteiger charge is -2.28. The number of hydrogen-bond donors (Lipinski definition) is 0. The normalized spacial score (nSPS) is 12.0. The summed E-state index contributed by atoms with van der Waals surface area (Å²) in [5, 5.41) is 4.25. The lowest BCUT2D eigenvalue weighted by Crippen LogP contribution is -2.39. The van der Waals surface area contributed by atoms with E-state index in [4.69, 9.17) is 0 Å². The molecule has 1 unspecified atom stereocenters. The first kappa shape index (κ1) is 17.9. The van der Waals surface area contributed by atoms with Crippen LogP contribution in [0, 0.1) is 0 Å². The number of benzene rings is 1. The van der Waals surface area contributed by atoms with Crippen molar-refractivity contribution in [2.24, 2.45) is 0 Å². The second-order valence-corrected chi connectivity index (χ2v) is 5.96. The highest BCUT2D eigenvalue weighted by atomic mass is 16.2. The van der Waals surface area contributed by atoms with E-state index in [9.17, 15) is 9.59 Å². The molecule has 1 atom stereocenters. The van der Waals surface area contributed by atoms with Gasteiger partial charge in [0, 0.05) is 25.2 Å². The second kappa shape index (κ2) is 8.43. The highest BCUT2D eigenvalue weighted by molar-refractivity contribution is 5.92. The van der Waals surface area contributed by atoms with E-state index in [0.29, 0.717) is 18.8 Å². The molecule has 2 aromatic rings. The Morgan fingerprint density at radius 1 is 1.17 bits per heavy atom. The molecule has 0 fully saturated rings. The summed E-state index contributed by atoms with van der Waals surface area (Å²) in [6, 6.07) is 12.9. The Bertz CT molecular complexity index is 725. The van der Waals surface area contributed by atoms with Gasteiger partial charge < -0.3 is 4.90 Å². The SMILES string of the molecule is CCCn1nc(C(=O)N(Cc2ccccc2)C(C)CC)ccc1=O. The number of rotatable bonds is 7. The average Bonchev–Trinajstić information content (AvgIpc) is 2.61. The molecule has 1 aromatic carbocycles. The molecule has 0 aliphatic rings. The smallest absolute Gasteiger partial charge is 0.274 e. The molecule has 2 rings (SSSR count). The van der Waals surface area contributed by atoms with E-state index in [1.807, 2.05) is 49.1 Å². The Morgan fingerprint density at radius 2 is 1.88 bits per heavy atom. The molecule has 1 aromatic heterocycles. The number of carbonyl (C=O) groups is 1. The molecular formula is C19H25N3O2. The summed E-state index contributed by atoms with van der Waals surface area (Å²) in [7, 11) is 0. The van der Waals surface area contributed by atoms with Crippen molar-refractivity contribution in [3.05, 3.63) is 64.1 Å². The number of carbonyl (C=O) groups excluding carboxylic acids is 1. The van der Waals surface area contributed by atoms with E-state index in [2.05, 4.69) is 12.0 Å². The Morgan fingerprint density at radius 3 is 2.50 bits per heavy atom. The third-order valence-corrected chi connectivity index (χ3v) is 4.10. The lowest BCUT2D eigenvalue weighted by molar-refractivity contribution is 0.0662. The highest BCUT2D eigenvalue weighted by Crippen LogP contribution is 2.14. The number of nitrogens with zero attached hydrogens (tertiary/aromatic N) is 3.